The Labute approximate surface area is 129 Å². The summed E-state index contributed by atoms with van der Waals surface area (Å²) in [5.74, 6) is 0.743. The molecule has 0 amide bonds. The second-order valence-electron chi connectivity index (χ2n) is 5.01. The van der Waals surface area contributed by atoms with E-state index in [1.165, 1.54) is 0 Å². The zero-order chi connectivity index (χ0) is 15.1. The van der Waals surface area contributed by atoms with E-state index < -0.39 is 12.2 Å². The molecule has 0 aromatic heterocycles. The van der Waals surface area contributed by atoms with Crippen LogP contribution in [0.2, 0.25) is 10.0 Å². The first-order valence-corrected chi connectivity index (χ1v) is 7.30. The molecule has 3 N–H and O–H groups in total. The molecule has 0 radical (unpaired) electrons. The van der Waals surface area contributed by atoms with Gasteiger partial charge in [0.25, 0.3) is 0 Å². The molecule has 1 aromatic rings. The van der Waals surface area contributed by atoms with E-state index in [9.17, 15) is 10.2 Å². The molecule has 20 heavy (non-hydrogen) atoms. The highest BCUT2D eigenvalue weighted by atomic mass is 35.5. The third kappa shape index (κ3) is 6.29. The topological polar surface area (TPSA) is 61.7 Å². The summed E-state index contributed by atoms with van der Waals surface area (Å²) < 4.78 is 5.41. The first-order chi connectivity index (χ1) is 9.40. The minimum atomic E-state index is -0.663. The second kappa shape index (κ2) is 8.70. The number of aliphatic hydroxyl groups excluding tert-OH is 2. The number of ether oxygens (including phenoxy) is 1. The Morgan fingerprint density at radius 1 is 1.15 bits per heavy atom. The third-order valence-corrected chi connectivity index (χ3v) is 3.58. The van der Waals surface area contributed by atoms with Gasteiger partial charge in [-0.2, -0.15) is 0 Å². The van der Waals surface area contributed by atoms with Crippen molar-refractivity contribution in [3.8, 4) is 5.75 Å². The average Bonchev–Trinajstić information content (AvgIpc) is 2.40. The van der Waals surface area contributed by atoms with Crippen LogP contribution in [0.3, 0.4) is 0 Å². The van der Waals surface area contributed by atoms with Gasteiger partial charge in [0.2, 0.25) is 0 Å². The van der Waals surface area contributed by atoms with Crippen molar-refractivity contribution in [3.63, 3.8) is 0 Å². The molecule has 1 rings (SSSR count). The van der Waals surface area contributed by atoms with Crippen LogP contribution in [0.1, 0.15) is 13.8 Å². The predicted octanol–water partition coefficient (Wildman–Crippen LogP) is 2.34. The molecule has 0 fully saturated rings. The van der Waals surface area contributed by atoms with Gasteiger partial charge in [-0.3, -0.25) is 0 Å². The Hall–Kier alpha value is -0.520. The fourth-order valence-electron chi connectivity index (χ4n) is 1.45. The fourth-order valence-corrected chi connectivity index (χ4v) is 1.74. The van der Waals surface area contributed by atoms with Crippen LogP contribution in [0.5, 0.6) is 5.75 Å². The van der Waals surface area contributed by atoms with Crippen molar-refractivity contribution < 1.29 is 14.9 Å². The lowest BCUT2D eigenvalue weighted by Gasteiger charge is -2.17. The molecule has 0 aliphatic rings. The van der Waals surface area contributed by atoms with Crippen LogP contribution in [0.4, 0.5) is 0 Å². The van der Waals surface area contributed by atoms with Gasteiger partial charge >= 0.3 is 0 Å². The molecule has 4 nitrogen and oxygen atoms in total. The van der Waals surface area contributed by atoms with Crippen LogP contribution in [0.25, 0.3) is 0 Å². The fraction of sp³-hybridized carbons (Fsp3) is 0.571. The highest BCUT2D eigenvalue weighted by Crippen LogP contribution is 2.26. The summed E-state index contributed by atoms with van der Waals surface area (Å²) in [7, 11) is 0. The van der Waals surface area contributed by atoms with E-state index in [2.05, 4.69) is 5.32 Å². The lowest BCUT2D eigenvalue weighted by atomic mass is 10.1. The van der Waals surface area contributed by atoms with E-state index in [-0.39, 0.29) is 12.5 Å². The van der Waals surface area contributed by atoms with Crippen molar-refractivity contribution in [1.82, 2.24) is 5.32 Å². The van der Waals surface area contributed by atoms with Crippen molar-refractivity contribution in [3.05, 3.63) is 28.2 Å². The quantitative estimate of drug-likeness (QED) is 0.687. The summed E-state index contributed by atoms with van der Waals surface area (Å²) in [6, 6.07) is 4.94. The van der Waals surface area contributed by atoms with Crippen molar-refractivity contribution in [2.45, 2.75) is 26.1 Å². The molecule has 0 saturated heterocycles. The van der Waals surface area contributed by atoms with E-state index in [1.807, 2.05) is 13.8 Å². The smallest absolute Gasteiger partial charge is 0.121 e. The van der Waals surface area contributed by atoms with Crippen LogP contribution in [0, 0.1) is 5.92 Å². The standard InChI is InChI=1S/C14H21Cl2NO3/c1-9(2)14(19)7-17-6-10(18)8-20-11-3-4-12(15)13(16)5-11/h3-5,9-10,14,17-19H,6-8H2,1-2H3. The van der Waals surface area contributed by atoms with Gasteiger partial charge in [-0.05, 0) is 18.1 Å². The minimum Gasteiger partial charge on any atom is -0.491 e. The molecule has 0 bridgehead atoms. The van der Waals surface area contributed by atoms with Crippen molar-refractivity contribution in [1.29, 1.82) is 0 Å². The number of aliphatic hydroxyl groups is 2. The number of benzene rings is 1. The van der Waals surface area contributed by atoms with E-state index >= 15 is 0 Å². The summed E-state index contributed by atoms with van der Waals surface area (Å²) in [6.07, 6.45) is -1.08. The van der Waals surface area contributed by atoms with Crippen molar-refractivity contribution in [2.24, 2.45) is 5.92 Å². The summed E-state index contributed by atoms with van der Waals surface area (Å²) in [5.41, 5.74) is 0. The average molecular weight is 322 g/mol. The van der Waals surface area contributed by atoms with Gasteiger partial charge in [0, 0.05) is 19.2 Å². The van der Waals surface area contributed by atoms with Gasteiger partial charge in [-0.1, -0.05) is 37.0 Å². The lowest BCUT2D eigenvalue weighted by molar-refractivity contribution is 0.0908. The van der Waals surface area contributed by atoms with Crippen molar-refractivity contribution in [2.75, 3.05) is 19.7 Å². The molecule has 0 saturated carbocycles. The zero-order valence-electron chi connectivity index (χ0n) is 11.6. The molecular weight excluding hydrogens is 301 g/mol. The first-order valence-electron chi connectivity index (χ1n) is 6.55. The molecule has 1 aromatic carbocycles. The summed E-state index contributed by atoms with van der Waals surface area (Å²) in [4.78, 5) is 0. The van der Waals surface area contributed by atoms with Gasteiger partial charge in [-0.25, -0.2) is 0 Å². The normalized spacial score (nSPS) is 14.3. The van der Waals surface area contributed by atoms with E-state index in [0.717, 1.165) is 0 Å². The predicted molar refractivity (Wildman–Crippen MR) is 81.7 cm³/mol. The third-order valence-electron chi connectivity index (χ3n) is 2.84. The number of rotatable bonds is 8. The highest BCUT2D eigenvalue weighted by Gasteiger charge is 2.10. The maximum atomic E-state index is 9.76. The Balaban J connectivity index is 2.25. The Morgan fingerprint density at radius 3 is 2.45 bits per heavy atom. The van der Waals surface area contributed by atoms with Crippen LogP contribution in [-0.4, -0.2) is 42.1 Å². The van der Waals surface area contributed by atoms with Crippen LogP contribution < -0.4 is 10.1 Å². The second-order valence-corrected chi connectivity index (χ2v) is 5.82. The molecular formula is C14H21Cl2NO3. The van der Waals surface area contributed by atoms with Gasteiger partial charge in [0.05, 0.1) is 16.1 Å². The van der Waals surface area contributed by atoms with Crippen molar-refractivity contribution >= 4 is 23.2 Å². The summed E-state index contributed by atoms with van der Waals surface area (Å²) in [5, 5.41) is 23.2. The zero-order valence-corrected chi connectivity index (χ0v) is 13.2. The van der Waals surface area contributed by atoms with E-state index in [0.29, 0.717) is 28.9 Å². The Kier molecular flexibility index (Phi) is 7.62. The number of halogens is 2. The van der Waals surface area contributed by atoms with Gasteiger partial charge in [0.15, 0.2) is 0 Å². The number of nitrogens with one attached hydrogen (secondary N) is 1. The largest absolute Gasteiger partial charge is 0.491 e. The maximum Gasteiger partial charge on any atom is 0.121 e. The highest BCUT2D eigenvalue weighted by molar-refractivity contribution is 6.42. The number of hydrogen-bond acceptors (Lipinski definition) is 4. The molecule has 6 heteroatoms. The molecule has 0 aliphatic heterocycles. The number of hydrogen-bond donors (Lipinski definition) is 3. The van der Waals surface area contributed by atoms with Gasteiger partial charge in [0.1, 0.15) is 18.5 Å². The first kappa shape index (κ1) is 17.5. The Bertz CT molecular complexity index is 415. The molecule has 0 aliphatic carbocycles. The Morgan fingerprint density at radius 2 is 1.85 bits per heavy atom. The van der Waals surface area contributed by atoms with E-state index in [1.54, 1.807) is 18.2 Å². The van der Waals surface area contributed by atoms with Gasteiger partial charge < -0.3 is 20.3 Å². The molecule has 0 heterocycles. The van der Waals surface area contributed by atoms with Gasteiger partial charge in [-0.15, -0.1) is 0 Å². The molecule has 2 atom stereocenters. The van der Waals surface area contributed by atoms with E-state index in [4.69, 9.17) is 27.9 Å². The minimum absolute atomic E-state index is 0.142. The molecule has 114 valence electrons. The SMILES string of the molecule is CC(C)C(O)CNCC(O)COc1ccc(Cl)c(Cl)c1. The monoisotopic (exact) mass is 321 g/mol. The summed E-state index contributed by atoms with van der Waals surface area (Å²) >= 11 is 11.7. The van der Waals surface area contributed by atoms with Crippen LogP contribution in [-0.2, 0) is 0 Å². The maximum absolute atomic E-state index is 9.76. The molecule has 2 unspecified atom stereocenters. The lowest BCUT2D eigenvalue weighted by Crippen LogP contribution is -2.37. The molecule has 0 spiro atoms. The van der Waals surface area contributed by atoms with Crippen LogP contribution in [0.15, 0.2) is 18.2 Å². The summed E-state index contributed by atoms with van der Waals surface area (Å²) in [6.45, 7) is 4.82. The van der Waals surface area contributed by atoms with Crippen LogP contribution >= 0.6 is 23.2 Å².